The van der Waals surface area contributed by atoms with E-state index in [9.17, 15) is 0 Å². The normalized spacial score (nSPS) is 20.0. The van der Waals surface area contributed by atoms with E-state index in [0.717, 1.165) is 24.3 Å². The summed E-state index contributed by atoms with van der Waals surface area (Å²) in [6.45, 7) is 0.251. The van der Waals surface area contributed by atoms with Gasteiger partial charge in [-0.05, 0) is 43.0 Å². The molecule has 1 heterocycles. The molecule has 0 saturated carbocycles. The van der Waals surface area contributed by atoms with Gasteiger partial charge in [-0.3, -0.25) is 0 Å². The van der Waals surface area contributed by atoms with Crippen molar-refractivity contribution in [3.63, 3.8) is 0 Å². The van der Waals surface area contributed by atoms with Crippen molar-refractivity contribution in [2.45, 2.75) is 25.3 Å². The molecule has 0 saturated heterocycles. The maximum absolute atomic E-state index is 8.85. The minimum atomic E-state index is 0.251. The van der Waals surface area contributed by atoms with Gasteiger partial charge in [0.1, 0.15) is 0 Å². The molecule has 0 amide bonds. The number of hydrogen-bond acceptors (Lipinski definition) is 2. The summed E-state index contributed by atoms with van der Waals surface area (Å²) in [5.41, 5.74) is 2.45. The van der Waals surface area contributed by atoms with E-state index in [4.69, 9.17) is 16.7 Å². The van der Waals surface area contributed by atoms with Crippen LogP contribution in [0.4, 0.5) is 5.69 Å². The summed E-state index contributed by atoms with van der Waals surface area (Å²) in [6, 6.07) is 6.34. The minimum Gasteiger partial charge on any atom is -0.396 e. The van der Waals surface area contributed by atoms with E-state index in [1.807, 2.05) is 18.2 Å². The fourth-order valence-electron chi connectivity index (χ4n) is 1.90. The Morgan fingerprint density at radius 1 is 1.50 bits per heavy atom. The van der Waals surface area contributed by atoms with Crippen LogP contribution in [0.2, 0.25) is 5.02 Å². The summed E-state index contributed by atoms with van der Waals surface area (Å²) in [7, 11) is 0. The number of aliphatic hydroxyl groups is 1. The molecule has 0 fully saturated rings. The highest BCUT2D eigenvalue weighted by molar-refractivity contribution is 6.30. The van der Waals surface area contributed by atoms with Gasteiger partial charge in [-0.2, -0.15) is 0 Å². The van der Waals surface area contributed by atoms with Gasteiger partial charge >= 0.3 is 0 Å². The first-order valence-corrected chi connectivity index (χ1v) is 5.33. The van der Waals surface area contributed by atoms with Gasteiger partial charge in [-0.25, -0.2) is 0 Å². The maximum Gasteiger partial charge on any atom is 0.0450 e. The van der Waals surface area contributed by atoms with E-state index in [0.29, 0.717) is 6.04 Å². The van der Waals surface area contributed by atoms with Crippen LogP contribution in [0.3, 0.4) is 0 Å². The van der Waals surface area contributed by atoms with Crippen LogP contribution in [-0.2, 0) is 6.42 Å². The van der Waals surface area contributed by atoms with Crippen molar-refractivity contribution in [2.24, 2.45) is 0 Å². The first-order chi connectivity index (χ1) is 6.79. The number of aliphatic hydroxyl groups excluding tert-OH is 1. The molecule has 1 aliphatic heterocycles. The number of nitrogens with one attached hydrogen (secondary N) is 1. The highest BCUT2D eigenvalue weighted by Gasteiger charge is 2.16. The number of anilines is 1. The Morgan fingerprint density at radius 2 is 2.36 bits per heavy atom. The largest absolute Gasteiger partial charge is 0.396 e. The van der Waals surface area contributed by atoms with E-state index in [1.165, 1.54) is 11.3 Å². The first-order valence-electron chi connectivity index (χ1n) is 4.95. The molecule has 1 aliphatic rings. The van der Waals surface area contributed by atoms with Crippen LogP contribution in [0.25, 0.3) is 0 Å². The lowest BCUT2D eigenvalue weighted by molar-refractivity contribution is 0.276. The Balaban J connectivity index is 2.15. The molecule has 1 atom stereocenters. The summed E-state index contributed by atoms with van der Waals surface area (Å²) in [5, 5.41) is 13.1. The Kier molecular flexibility index (Phi) is 2.94. The molecule has 14 heavy (non-hydrogen) atoms. The fraction of sp³-hybridized carbons (Fsp3) is 0.455. The lowest BCUT2D eigenvalue weighted by Crippen LogP contribution is -2.26. The van der Waals surface area contributed by atoms with Gasteiger partial charge in [-0.1, -0.05) is 11.6 Å². The molecule has 76 valence electrons. The number of fused-ring (bicyclic) bond motifs is 1. The molecular formula is C11H14ClNO. The van der Waals surface area contributed by atoms with Crippen molar-refractivity contribution >= 4 is 17.3 Å². The summed E-state index contributed by atoms with van der Waals surface area (Å²) in [4.78, 5) is 0. The lowest BCUT2D eigenvalue weighted by atomic mass is 9.96. The van der Waals surface area contributed by atoms with Crippen molar-refractivity contribution in [3.8, 4) is 0 Å². The van der Waals surface area contributed by atoms with Crippen LogP contribution < -0.4 is 5.32 Å². The van der Waals surface area contributed by atoms with Gasteiger partial charge in [0.25, 0.3) is 0 Å². The monoisotopic (exact) mass is 211 g/mol. The zero-order valence-corrected chi connectivity index (χ0v) is 8.72. The van der Waals surface area contributed by atoms with E-state index >= 15 is 0 Å². The third kappa shape index (κ3) is 2.02. The van der Waals surface area contributed by atoms with Crippen LogP contribution in [0.15, 0.2) is 18.2 Å². The second-order valence-corrected chi connectivity index (χ2v) is 4.13. The summed E-state index contributed by atoms with van der Waals surface area (Å²) in [5.74, 6) is 0. The minimum absolute atomic E-state index is 0.251. The first kappa shape index (κ1) is 9.81. The maximum atomic E-state index is 8.85. The molecule has 0 bridgehead atoms. The van der Waals surface area contributed by atoms with Crippen molar-refractivity contribution in [3.05, 3.63) is 28.8 Å². The third-order valence-corrected chi connectivity index (χ3v) is 2.90. The smallest absolute Gasteiger partial charge is 0.0450 e. The third-order valence-electron chi connectivity index (χ3n) is 2.67. The molecule has 0 aliphatic carbocycles. The number of benzene rings is 1. The Labute approximate surface area is 88.9 Å². The number of aryl methyl sites for hydroxylation is 1. The Hall–Kier alpha value is -0.730. The quantitative estimate of drug-likeness (QED) is 0.788. The standard InChI is InChI=1S/C11H14ClNO/c12-9-2-4-11-8(7-9)1-3-10(13-11)5-6-14/h2,4,7,10,13-14H,1,3,5-6H2. The molecule has 1 unspecified atom stereocenters. The predicted octanol–water partition coefficient (Wildman–Crippen LogP) is 2.45. The van der Waals surface area contributed by atoms with Crippen molar-refractivity contribution in [1.29, 1.82) is 0 Å². The number of hydrogen-bond donors (Lipinski definition) is 2. The highest BCUT2D eigenvalue weighted by Crippen LogP contribution is 2.28. The van der Waals surface area contributed by atoms with Gasteiger partial charge < -0.3 is 10.4 Å². The summed E-state index contributed by atoms with van der Waals surface area (Å²) < 4.78 is 0. The Morgan fingerprint density at radius 3 is 3.14 bits per heavy atom. The zero-order valence-electron chi connectivity index (χ0n) is 7.96. The summed E-state index contributed by atoms with van der Waals surface area (Å²) >= 11 is 5.91. The molecular weight excluding hydrogens is 198 g/mol. The average Bonchev–Trinajstić information content (AvgIpc) is 2.19. The van der Waals surface area contributed by atoms with E-state index in [2.05, 4.69) is 5.32 Å². The van der Waals surface area contributed by atoms with Crippen molar-refractivity contribution in [2.75, 3.05) is 11.9 Å². The molecule has 2 rings (SSSR count). The zero-order chi connectivity index (χ0) is 9.97. The molecule has 2 N–H and O–H groups in total. The second kappa shape index (κ2) is 4.20. The van der Waals surface area contributed by atoms with Gasteiger partial charge in [0.05, 0.1) is 0 Å². The van der Waals surface area contributed by atoms with Crippen LogP contribution in [-0.4, -0.2) is 17.8 Å². The average molecular weight is 212 g/mol. The Bertz CT molecular complexity index is 327. The molecule has 1 aromatic rings. The van der Waals surface area contributed by atoms with E-state index < -0.39 is 0 Å². The SMILES string of the molecule is OCCC1CCc2cc(Cl)ccc2N1. The van der Waals surface area contributed by atoms with Gasteiger partial charge in [-0.15, -0.1) is 0 Å². The van der Waals surface area contributed by atoms with Gasteiger partial charge in [0.15, 0.2) is 0 Å². The van der Waals surface area contributed by atoms with Crippen molar-refractivity contribution < 1.29 is 5.11 Å². The molecule has 1 aromatic carbocycles. The van der Waals surface area contributed by atoms with Gasteiger partial charge in [0.2, 0.25) is 0 Å². The molecule has 0 spiro atoms. The topological polar surface area (TPSA) is 32.3 Å². The number of halogens is 1. The molecule has 0 radical (unpaired) electrons. The van der Waals surface area contributed by atoms with Crippen LogP contribution >= 0.6 is 11.6 Å². The fourth-order valence-corrected chi connectivity index (χ4v) is 2.10. The van der Waals surface area contributed by atoms with Crippen LogP contribution in [0.1, 0.15) is 18.4 Å². The predicted molar refractivity (Wildman–Crippen MR) is 58.9 cm³/mol. The van der Waals surface area contributed by atoms with Crippen molar-refractivity contribution in [1.82, 2.24) is 0 Å². The molecule has 2 nitrogen and oxygen atoms in total. The highest BCUT2D eigenvalue weighted by atomic mass is 35.5. The second-order valence-electron chi connectivity index (χ2n) is 3.69. The van der Waals surface area contributed by atoms with E-state index in [1.54, 1.807) is 0 Å². The summed E-state index contributed by atoms with van der Waals surface area (Å²) in [6.07, 6.45) is 2.95. The molecule has 3 heteroatoms. The number of rotatable bonds is 2. The lowest BCUT2D eigenvalue weighted by Gasteiger charge is -2.26. The van der Waals surface area contributed by atoms with E-state index in [-0.39, 0.29) is 6.61 Å². The van der Waals surface area contributed by atoms with Crippen LogP contribution in [0.5, 0.6) is 0 Å². The van der Waals surface area contributed by atoms with Gasteiger partial charge in [0, 0.05) is 23.4 Å². The molecule has 0 aromatic heterocycles. The van der Waals surface area contributed by atoms with Crippen LogP contribution in [0, 0.1) is 0 Å².